The number of aromatic nitrogens is 3. The standard InChI is InChI=1S/C10H10ClN5O3S/c11-8-6-1-2-13-9(6)15-10(14-8)16-4-5(3-7(16)17)20(12,18)19/h1-2,5H,3-4H2,(H2,12,18,19)(H,13,14,15). The van der Waals surface area contributed by atoms with E-state index >= 15 is 0 Å². The molecule has 8 nitrogen and oxygen atoms in total. The number of H-pyrrole nitrogens is 1. The van der Waals surface area contributed by atoms with E-state index in [4.69, 9.17) is 16.7 Å². The molecule has 3 N–H and O–H groups in total. The molecule has 0 aromatic carbocycles. The van der Waals surface area contributed by atoms with Crippen LogP contribution in [-0.4, -0.2) is 41.1 Å². The summed E-state index contributed by atoms with van der Waals surface area (Å²) in [6.07, 6.45) is 1.47. The highest BCUT2D eigenvalue weighted by atomic mass is 35.5. The van der Waals surface area contributed by atoms with Gasteiger partial charge in [-0.25, -0.2) is 13.6 Å². The molecule has 106 valence electrons. The number of nitrogens with two attached hydrogens (primary N) is 1. The maximum atomic E-state index is 11.9. The molecule has 1 atom stereocenters. The van der Waals surface area contributed by atoms with Crippen molar-refractivity contribution in [2.45, 2.75) is 11.7 Å². The van der Waals surface area contributed by atoms with E-state index in [0.29, 0.717) is 11.0 Å². The van der Waals surface area contributed by atoms with Gasteiger partial charge < -0.3 is 4.98 Å². The van der Waals surface area contributed by atoms with Crippen LogP contribution in [0.4, 0.5) is 5.95 Å². The Labute approximate surface area is 119 Å². The van der Waals surface area contributed by atoms with Crippen LogP contribution in [0.5, 0.6) is 0 Å². The van der Waals surface area contributed by atoms with E-state index < -0.39 is 21.2 Å². The summed E-state index contributed by atoms with van der Waals surface area (Å²) in [6, 6.07) is 1.71. The van der Waals surface area contributed by atoms with Gasteiger partial charge in [0.05, 0.1) is 5.39 Å². The first-order valence-electron chi connectivity index (χ1n) is 5.69. The summed E-state index contributed by atoms with van der Waals surface area (Å²) in [4.78, 5) is 24.1. The number of hydrogen-bond donors (Lipinski definition) is 2. The van der Waals surface area contributed by atoms with E-state index in [0.717, 1.165) is 0 Å². The summed E-state index contributed by atoms with van der Waals surface area (Å²) in [5.41, 5.74) is 0.479. The van der Waals surface area contributed by atoms with Crippen molar-refractivity contribution in [3.05, 3.63) is 17.4 Å². The molecule has 0 aliphatic carbocycles. The lowest BCUT2D eigenvalue weighted by atomic mass is 10.4. The average Bonchev–Trinajstić information content (AvgIpc) is 2.94. The van der Waals surface area contributed by atoms with Gasteiger partial charge in [0.15, 0.2) is 0 Å². The number of carbonyl (C=O) groups excluding carboxylic acids is 1. The third kappa shape index (κ3) is 2.13. The van der Waals surface area contributed by atoms with E-state index in [1.165, 1.54) is 4.90 Å². The lowest BCUT2D eigenvalue weighted by Crippen LogP contribution is -2.32. The molecule has 10 heteroatoms. The first-order valence-corrected chi connectivity index (χ1v) is 7.67. The molecule has 0 radical (unpaired) electrons. The molecule has 0 bridgehead atoms. The van der Waals surface area contributed by atoms with Crippen molar-refractivity contribution in [3.63, 3.8) is 0 Å². The first-order chi connectivity index (χ1) is 9.36. The highest BCUT2D eigenvalue weighted by Gasteiger charge is 2.38. The number of halogens is 1. The summed E-state index contributed by atoms with van der Waals surface area (Å²) in [6.45, 7) is -0.0692. The molecule has 20 heavy (non-hydrogen) atoms. The third-order valence-corrected chi connectivity index (χ3v) is 4.69. The minimum atomic E-state index is -3.78. The van der Waals surface area contributed by atoms with Crippen LogP contribution in [0.25, 0.3) is 11.0 Å². The topological polar surface area (TPSA) is 122 Å². The van der Waals surface area contributed by atoms with Crippen molar-refractivity contribution >= 4 is 44.5 Å². The molecule has 3 heterocycles. The van der Waals surface area contributed by atoms with Gasteiger partial charge >= 0.3 is 0 Å². The molecule has 3 rings (SSSR count). The molecule has 1 saturated heterocycles. The van der Waals surface area contributed by atoms with E-state index in [9.17, 15) is 13.2 Å². The highest BCUT2D eigenvalue weighted by Crippen LogP contribution is 2.26. The van der Waals surface area contributed by atoms with Gasteiger partial charge in [-0.15, -0.1) is 0 Å². The Kier molecular flexibility index (Phi) is 2.92. The lowest BCUT2D eigenvalue weighted by molar-refractivity contribution is -0.117. The third-order valence-electron chi connectivity index (χ3n) is 3.15. The molecule has 2 aromatic heterocycles. The zero-order chi connectivity index (χ0) is 14.5. The van der Waals surface area contributed by atoms with Crippen molar-refractivity contribution in [3.8, 4) is 0 Å². The second-order valence-electron chi connectivity index (χ2n) is 4.47. The number of sulfonamides is 1. The predicted molar refractivity (Wildman–Crippen MR) is 72.8 cm³/mol. The Balaban J connectivity index is 2.01. The van der Waals surface area contributed by atoms with Gasteiger partial charge in [-0.2, -0.15) is 9.97 Å². The summed E-state index contributed by atoms with van der Waals surface area (Å²) in [5.74, 6) is -0.327. The molecule has 0 saturated carbocycles. The van der Waals surface area contributed by atoms with Gasteiger partial charge in [0.2, 0.25) is 21.9 Å². The van der Waals surface area contributed by atoms with Crippen molar-refractivity contribution in [2.75, 3.05) is 11.4 Å². The molecule has 2 aromatic rings. The summed E-state index contributed by atoms with van der Waals surface area (Å²) < 4.78 is 22.6. The molecule has 1 aliphatic rings. The van der Waals surface area contributed by atoms with Gasteiger partial charge in [-0.05, 0) is 6.07 Å². The Morgan fingerprint density at radius 3 is 2.85 bits per heavy atom. The largest absolute Gasteiger partial charge is 0.346 e. The predicted octanol–water partition coefficient (Wildman–Crippen LogP) is 0.00510. The number of carbonyl (C=O) groups is 1. The van der Waals surface area contributed by atoms with Crippen molar-refractivity contribution in [1.29, 1.82) is 0 Å². The molecule has 1 aliphatic heterocycles. The van der Waals surface area contributed by atoms with E-state index in [1.54, 1.807) is 12.3 Å². The Morgan fingerprint density at radius 1 is 1.45 bits per heavy atom. The number of anilines is 1. The zero-order valence-electron chi connectivity index (χ0n) is 10.1. The number of fused-ring (bicyclic) bond motifs is 1. The van der Waals surface area contributed by atoms with Gasteiger partial charge in [-0.1, -0.05) is 11.6 Å². The lowest BCUT2D eigenvalue weighted by Gasteiger charge is -2.14. The smallest absolute Gasteiger partial charge is 0.235 e. The minimum absolute atomic E-state index is 0.0692. The van der Waals surface area contributed by atoms with Crippen LogP contribution in [0.15, 0.2) is 12.3 Å². The van der Waals surface area contributed by atoms with Crippen LogP contribution in [0.2, 0.25) is 5.15 Å². The fraction of sp³-hybridized carbons (Fsp3) is 0.300. The number of aromatic amines is 1. The van der Waals surface area contributed by atoms with E-state index in [2.05, 4.69) is 15.0 Å². The molecule has 1 unspecified atom stereocenters. The molecule has 0 spiro atoms. The van der Waals surface area contributed by atoms with E-state index in [1.807, 2.05) is 0 Å². The average molecular weight is 316 g/mol. The van der Waals surface area contributed by atoms with Crippen LogP contribution in [0, 0.1) is 0 Å². The number of amides is 1. The van der Waals surface area contributed by atoms with Crippen LogP contribution in [0.3, 0.4) is 0 Å². The van der Waals surface area contributed by atoms with E-state index in [-0.39, 0.29) is 24.1 Å². The Morgan fingerprint density at radius 2 is 2.20 bits per heavy atom. The number of rotatable bonds is 2. The van der Waals surface area contributed by atoms with Crippen LogP contribution >= 0.6 is 11.6 Å². The van der Waals surface area contributed by atoms with Crippen LogP contribution in [0.1, 0.15) is 6.42 Å². The molecule has 1 fully saturated rings. The van der Waals surface area contributed by atoms with Gasteiger partial charge in [-0.3, -0.25) is 9.69 Å². The second-order valence-corrected chi connectivity index (χ2v) is 6.68. The quantitative estimate of drug-likeness (QED) is 0.756. The van der Waals surface area contributed by atoms with Gasteiger partial charge in [0.1, 0.15) is 16.1 Å². The fourth-order valence-corrected chi connectivity index (χ4v) is 3.06. The fourth-order valence-electron chi connectivity index (χ4n) is 2.10. The first kappa shape index (κ1) is 13.3. The number of primary sulfonamides is 1. The second kappa shape index (κ2) is 4.40. The molecular weight excluding hydrogens is 306 g/mol. The number of hydrogen-bond acceptors (Lipinski definition) is 5. The van der Waals surface area contributed by atoms with Crippen molar-refractivity contribution in [1.82, 2.24) is 15.0 Å². The Bertz CT molecular complexity index is 802. The maximum Gasteiger partial charge on any atom is 0.235 e. The number of nitrogens with zero attached hydrogens (tertiary/aromatic N) is 3. The van der Waals surface area contributed by atoms with Crippen molar-refractivity contribution < 1.29 is 13.2 Å². The van der Waals surface area contributed by atoms with Crippen LogP contribution in [-0.2, 0) is 14.8 Å². The molecular formula is C10H10ClN5O3S. The van der Waals surface area contributed by atoms with Crippen LogP contribution < -0.4 is 10.0 Å². The Hall–Kier alpha value is -1.71. The molecule has 1 amide bonds. The minimum Gasteiger partial charge on any atom is -0.346 e. The summed E-state index contributed by atoms with van der Waals surface area (Å²) in [5, 5.41) is 4.94. The van der Waals surface area contributed by atoms with Crippen molar-refractivity contribution in [2.24, 2.45) is 5.14 Å². The maximum absolute atomic E-state index is 11.9. The summed E-state index contributed by atoms with van der Waals surface area (Å²) >= 11 is 6.00. The normalized spacial score (nSPS) is 20.0. The highest BCUT2D eigenvalue weighted by molar-refractivity contribution is 7.89. The zero-order valence-corrected chi connectivity index (χ0v) is 11.6. The summed E-state index contributed by atoms with van der Waals surface area (Å²) in [7, 11) is -3.78. The monoisotopic (exact) mass is 315 g/mol. The van der Waals surface area contributed by atoms with Gasteiger partial charge in [0, 0.05) is 19.2 Å². The SMILES string of the molecule is NS(=O)(=O)C1CC(=O)N(c2nc(Cl)c3cc[nH]c3n2)C1. The number of nitrogens with one attached hydrogen (secondary N) is 1. The van der Waals surface area contributed by atoms with Gasteiger partial charge in [0.25, 0.3) is 0 Å².